The molecular formula is C29H34FN3O4S. The van der Waals surface area contributed by atoms with Crippen LogP contribution in [0.1, 0.15) is 110 Å². The molecule has 1 aromatic carbocycles. The van der Waals surface area contributed by atoms with E-state index in [2.05, 4.69) is 22.0 Å². The molecule has 3 aromatic rings. The molecule has 2 saturated heterocycles. The van der Waals surface area contributed by atoms with E-state index in [9.17, 15) is 14.3 Å². The van der Waals surface area contributed by atoms with Crippen LogP contribution in [0.3, 0.4) is 0 Å². The number of carbonyl (C=O) groups is 1. The van der Waals surface area contributed by atoms with Crippen molar-refractivity contribution in [1.82, 2.24) is 10.1 Å². The molecule has 4 fully saturated rings. The van der Waals surface area contributed by atoms with E-state index >= 15 is 0 Å². The fraction of sp³-hybridized carbons (Fsp3) is 0.621. The van der Waals surface area contributed by atoms with Crippen molar-refractivity contribution >= 4 is 32.7 Å². The molecule has 2 aliphatic heterocycles. The van der Waals surface area contributed by atoms with Gasteiger partial charge in [0.1, 0.15) is 11.3 Å². The number of benzene rings is 1. The predicted octanol–water partition coefficient (Wildman–Crippen LogP) is 7.01. The van der Waals surface area contributed by atoms with Crippen molar-refractivity contribution < 1.29 is 23.6 Å². The Morgan fingerprint density at radius 1 is 1.16 bits per heavy atom. The average Bonchev–Trinajstić information content (AvgIpc) is 3.41. The second-order valence-corrected chi connectivity index (χ2v) is 12.9. The van der Waals surface area contributed by atoms with Crippen LogP contribution in [0.25, 0.3) is 10.2 Å². The van der Waals surface area contributed by atoms with Gasteiger partial charge in [-0.2, -0.15) is 0 Å². The highest BCUT2D eigenvalue weighted by atomic mass is 32.1. The summed E-state index contributed by atoms with van der Waals surface area (Å²) >= 11 is 1.39. The topological polar surface area (TPSA) is 88.7 Å². The van der Waals surface area contributed by atoms with Crippen LogP contribution in [0, 0.1) is 11.7 Å². The van der Waals surface area contributed by atoms with E-state index < -0.39 is 11.8 Å². The number of carboxylic acids is 1. The summed E-state index contributed by atoms with van der Waals surface area (Å²) < 4.78 is 27.8. The minimum absolute atomic E-state index is 0.0402. The number of piperidine rings is 1. The Kier molecular flexibility index (Phi) is 6.19. The van der Waals surface area contributed by atoms with Gasteiger partial charge in [0.25, 0.3) is 0 Å². The Balaban J connectivity index is 1.08. The van der Waals surface area contributed by atoms with Gasteiger partial charge in [0, 0.05) is 29.5 Å². The summed E-state index contributed by atoms with van der Waals surface area (Å²) in [6, 6.07) is 3.18. The molecular weight excluding hydrogens is 505 g/mol. The second-order valence-electron chi connectivity index (χ2n) is 11.9. The van der Waals surface area contributed by atoms with Crippen LogP contribution in [-0.2, 0) is 11.3 Å². The maximum absolute atomic E-state index is 14.6. The van der Waals surface area contributed by atoms with Crippen molar-refractivity contribution in [3.05, 3.63) is 40.5 Å². The minimum Gasteiger partial charge on any atom is -0.478 e. The molecule has 0 amide bonds. The molecule has 2 aromatic heterocycles. The van der Waals surface area contributed by atoms with Gasteiger partial charge in [-0.05, 0) is 63.0 Å². The molecule has 9 heteroatoms. The van der Waals surface area contributed by atoms with Gasteiger partial charge >= 0.3 is 5.97 Å². The van der Waals surface area contributed by atoms with Crippen LogP contribution < -0.4 is 4.90 Å². The van der Waals surface area contributed by atoms with Crippen LogP contribution in [0.4, 0.5) is 9.52 Å². The third-order valence-corrected chi connectivity index (χ3v) is 10.3. The molecule has 2 aliphatic carbocycles. The lowest BCUT2D eigenvalue weighted by Gasteiger charge is -2.38. The van der Waals surface area contributed by atoms with E-state index in [1.54, 1.807) is 0 Å². The highest BCUT2D eigenvalue weighted by molar-refractivity contribution is 7.22. The summed E-state index contributed by atoms with van der Waals surface area (Å²) in [6.07, 6.45) is 11.5. The summed E-state index contributed by atoms with van der Waals surface area (Å²) in [5.41, 5.74) is 2.59. The van der Waals surface area contributed by atoms with E-state index in [1.165, 1.54) is 61.5 Å². The summed E-state index contributed by atoms with van der Waals surface area (Å²) in [5.74, 6) is 0.971. The number of ether oxygens (including phenoxy) is 1. The number of fused-ring (bicyclic) bond motifs is 3. The van der Waals surface area contributed by atoms with Crippen LogP contribution >= 0.6 is 11.3 Å². The smallest absolute Gasteiger partial charge is 0.335 e. The predicted molar refractivity (Wildman–Crippen MR) is 142 cm³/mol. The van der Waals surface area contributed by atoms with Crippen LogP contribution in [-0.4, -0.2) is 39.4 Å². The molecule has 4 aliphatic rings. The van der Waals surface area contributed by atoms with Crippen molar-refractivity contribution in [2.75, 3.05) is 4.90 Å². The third-order valence-electron chi connectivity index (χ3n) is 9.32. The zero-order valence-corrected chi connectivity index (χ0v) is 22.5. The van der Waals surface area contributed by atoms with E-state index in [1.807, 2.05) is 0 Å². The molecule has 202 valence electrons. The maximum atomic E-state index is 14.6. The van der Waals surface area contributed by atoms with Gasteiger partial charge < -0.3 is 19.3 Å². The van der Waals surface area contributed by atoms with Crippen LogP contribution in [0.15, 0.2) is 16.7 Å². The average molecular weight is 540 g/mol. The van der Waals surface area contributed by atoms with Gasteiger partial charge in [0.15, 0.2) is 10.9 Å². The van der Waals surface area contributed by atoms with Gasteiger partial charge in [0.05, 0.1) is 28.7 Å². The summed E-state index contributed by atoms with van der Waals surface area (Å²) in [6.45, 7) is 2.92. The fourth-order valence-corrected chi connectivity index (χ4v) is 8.31. The molecule has 0 radical (unpaired) electrons. The van der Waals surface area contributed by atoms with Gasteiger partial charge in [-0.25, -0.2) is 14.2 Å². The zero-order valence-electron chi connectivity index (χ0n) is 21.7. The molecule has 1 N–H and O–H groups in total. The standard InChI is InChI=1S/C29H34FN3O4S/c1-15-4-2-3-5-21(15)25-22(27(37-32-25)16-6-7-16)14-36-20-12-18-8-9-19(13-20)33(18)29-31-26-23(30)10-17(28(34)35)11-24(26)38-29/h10-11,15-16,18-21H,2-9,12-14H2,1H3,(H,34,35)/t15?,18-,19?,20?,21?/m0/s1. The Hall–Kier alpha value is -2.52. The zero-order chi connectivity index (χ0) is 26.0. The number of hydrogen-bond donors (Lipinski definition) is 1. The number of rotatable bonds is 7. The number of nitrogens with zero attached hydrogens (tertiary/aromatic N) is 3. The molecule has 4 heterocycles. The molecule has 4 unspecified atom stereocenters. The van der Waals surface area contributed by atoms with Crippen LogP contribution in [0.2, 0.25) is 0 Å². The van der Waals surface area contributed by atoms with Crippen molar-refractivity contribution in [3.63, 3.8) is 0 Å². The molecule has 0 spiro atoms. The number of anilines is 1. The Morgan fingerprint density at radius 2 is 1.92 bits per heavy atom. The first kappa shape index (κ1) is 24.5. The molecule has 7 nitrogen and oxygen atoms in total. The van der Waals surface area contributed by atoms with Crippen molar-refractivity contribution in [2.24, 2.45) is 5.92 Å². The first-order valence-corrected chi connectivity index (χ1v) is 15.0. The summed E-state index contributed by atoms with van der Waals surface area (Å²) in [5, 5.41) is 14.7. The van der Waals surface area contributed by atoms with Gasteiger partial charge in [-0.3, -0.25) is 0 Å². The van der Waals surface area contributed by atoms with Gasteiger partial charge in [-0.1, -0.05) is 42.7 Å². The van der Waals surface area contributed by atoms with Gasteiger partial charge in [-0.15, -0.1) is 0 Å². The lowest BCUT2D eigenvalue weighted by molar-refractivity contribution is 0.0140. The number of hydrogen-bond acceptors (Lipinski definition) is 7. The van der Waals surface area contributed by atoms with Crippen LogP contribution in [0.5, 0.6) is 0 Å². The molecule has 7 rings (SSSR count). The quantitative estimate of drug-likeness (QED) is 0.345. The first-order valence-electron chi connectivity index (χ1n) is 14.2. The number of halogens is 1. The molecule has 38 heavy (non-hydrogen) atoms. The Labute approximate surface area is 225 Å². The minimum atomic E-state index is -1.13. The molecule has 2 bridgehead atoms. The fourth-order valence-electron chi connectivity index (χ4n) is 7.15. The molecule has 5 atom stereocenters. The highest BCUT2D eigenvalue weighted by Crippen LogP contribution is 2.47. The van der Waals surface area contributed by atoms with Crippen molar-refractivity contribution in [2.45, 2.75) is 108 Å². The summed E-state index contributed by atoms with van der Waals surface area (Å²) in [4.78, 5) is 18.3. The van der Waals surface area contributed by atoms with E-state index in [0.717, 1.165) is 48.3 Å². The van der Waals surface area contributed by atoms with E-state index in [4.69, 9.17) is 9.26 Å². The maximum Gasteiger partial charge on any atom is 0.335 e. The Bertz CT molecular complexity index is 1350. The van der Waals surface area contributed by atoms with E-state index in [-0.39, 0.29) is 17.2 Å². The lowest BCUT2D eigenvalue weighted by Crippen LogP contribution is -2.45. The monoisotopic (exact) mass is 539 g/mol. The number of thiazole rings is 1. The third kappa shape index (κ3) is 4.31. The van der Waals surface area contributed by atoms with Gasteiger partial charge in [0.2, 0.25) is 0 Å². The number of carboxylic acid groups (broad SMARTS) is 1. The SMILES string of the molecule is CC1CCCCC1c1noc(C2CC2)c1COC1CC2CC[C@@H](C1)N2c1nc2c(F)cc(C(=O)O)cc2s1. The number of aromatic carboxylic acids is 1. The Morgan fingerprint density at radius 3 is 2.63 bits per heavy atom. The lowest BCUT2D eigenvalue weighted by atomic mass is 9.77. The van der Waals surface area contributed by atoms with Crippen molar-refractivity contribution in [3.8, 4) is 0 Å². The first-order chi connectivity index (χ1) is 18.5. The summed E-state index contributed by atoms with van der Waals surface area (Å²) in [7, 11) is 0. The number of aromatic nitrogens is 2. The van der Waals surface area contributed by atoms with Crippen molar-refractivity contribution in [1.29, 1.82) is 0 Å². The highest BCUT2D eigenvalue weighted by Gasteiger charge is 2.43. The second kappa shape index (κ2) is 9.59. The largest absolute Gasteiger partial charge is 0.478 e. The van der Waals surface area contributed by atoms with E-state index in [0.29, 0.717) is 41.1 Å². The molecule has 2 saturated carbocycles. The normalized spacial score (nSPS) is 29.3.